The number of rotatable bonds is 6. The van der Waals surface area contributed by atoms with E-state index < -0.39 is 0 Å². The zero-order chi connectivity index (χ0) is 11.1. The second kappa shape index (κ2) is 6.61. The summed E-state index contributed by atoms with van der Waals surface area (Å²) in [5, 5.41) is 0. The van der Waals surface area contributed by atoms with Crippen LogP contribution in [-0.4, -0.2) is 16.6 Å². The molecule has 84 valence electrons. The summed E-state index contributed by atoms with van der Waals surface area (Å²) in [6, 6.07) is 0. The van der Waals surface area contributed by atoms with Gasteiger partial charge < -0.3 is 9.72 Å². The van der Waals surface area contributed by atoms with E-state index in [2.05, 4.69) is 32.8 Å². The molecule has 0 radical (unpaired) electrons. The van der Waals surface area contributed by atoms with Gasteiger partial charge in [-0.25, -0.2) is 4.98 Å². The van der Waals surface area contributed by atoms with E-state index in [4.69, 9.17) is 4.74 Å². The van der Waals surface area contributed by atoms with E-state index in [-0.39, 0.29) is 5.56 Å². The molecule has 0 fully saturated rings. The lowest BCUT2D eigenvalue weighted by Gasteiger charge is -2.05. The molecular formula is C10H15BrN2O2. The highest BCUT2D eigenvalue weighted by Gasteiger charge is 2.05. The molecule has 0 unspecified atom stereocenters. The summed E-state index contributed by atoms with van der Waals surface area (Å²) < 4.78 is 5.75. The van der Waals surface area contributed by atoms with Crippen molar-refractivity contribution in [1.82, 2.24) is 9.97 Å². The van der Waals surface area contributed by atoms with Crippen LogP contribution in [0.5, 0.6) is 5.88 Å². The predicted octanol–water partition coefficient (Wildman–Crippen LogP) is 2.49. The highest BCUT2D eigenvalue weighted by atomic mass is 79.9. The van der Waals surface area contributed by atoms with Crippen molar-refractivity contribution >= 4 is 15.9 Å². The summed E-state index contributed by atoms with van der Waals surface area (Å²) in [5.74, 6) is 0.371. The molecule has 1 aromatic heterocycles. The first-order valence-electron chi connectivity index (χ1n) is 5.11. The van der Waals surface area contributed by atoms with Gasteiger partial charge in [0.15, 0.2) is 0 Å². The number of aromatic amines is 1. The first kappa shape index (κ1) is 12.2. The van der Waals surface area contributed by atoms with Crippen LogP contribution in [0.25, 0.3) is 0 Å². The van der Waals surface area contributed by atoms with Gasteiger partial charge in [-0.1, -0.05) is 26.2 Å². The Kier molecular flexibility index (Phi) is 5.39. The van der Waals surface area contributed by atoms with Gasteiger partial charge in [0.2, 0.25) is 5.88 Å². The SMILES string of the molecule is CCCCCCOc1nc[nH]c(=O)c1Br. The van der Waals surface area contributed by atoms with Crippen molar-refractivity contribution in [1.29, 1.82) is 0 Å². The standard InChI is InChI=1S/C10H15BrN2O2/c1-2-3-4-5-6-15-10-8(11)9(14)12-7-13-10/h7H,2-6H2,1H3,(H,12,13,14). The Morgan fingerprint density at radius 1 is 1.47 bits per heavy atom. The van der Waals surface area contributed by atoms with Crippen LogP contribution < -0.4 is 10.3 Å². The highest BCUT2D eigenvalue weighted by Crippen LogP contribution is 2.16. The first-order valence-corrected chi connectivity index (χ1v) is 5.91. The molecule has 4 nitrogen and oxygen atoms in total. The van der Waals surface area contributed by atoms with Crippen molar-refractivity contribution in [3.05, 3.63) is 21.2 Å². The number of halogens is 1. The highest BCUT2D eigenvalue weighted by molar-refractivity contribution is 9.10. The number of unbranched alkanes of at least 4 members (excludes halogenated alkanes) is 3. The summed E-state index contributed by atoms with van der Waals surface area (Å²) >= 11 is 3.13. The Labute approximate surface area is 97.2 Å². The smallest absolute Gasteiger partial charge is 0.268 e. The summed E-state index contributed by atoms with van der Waals surface area (Å²) in [7, 11) is 0. The average molecular weight is 275 g/mol. The number of nitrogens with one attached hydrogen (secondary N) is 1. The van der Waals surface area contributed by atoms with E-state index in [1.807, 2.05) is 0 Å². The lowest BCUT2D eigenvalue weighted by Crippen LogP contribution is -2.10. The van der Waals surface area contributed by atoms with Gasteiger partial charge in [0.1, 0.15) is 4.47 Å². The fraction of sp³-hybridized carbons (Fsp3) is 0.600. The van der Waals surface area contributed by atoms with Crippen molar-refractivity contribution in [2.75, 3.05) is 6.61 Å². The van der Waals surface area contributed by atoms with Gasteiger partial charge >= 0.3 is 0 Å². The largest absolute Gasteiger partial charge is 0.477 e. The number of hydrogen-bond donors (Lipinski definition) is 1. The molecule has 1 aromatic rings. The third kappa shape index (κ3) is 4.03. The fourth-order valence-corrected chi connectivity index (χ4v) is 1.50. The minimum absolute atomic E-state index is 0.214. The third-order valence-electron chi connectivity index (χ3n) is 2.00. The lowest BCUT2D eigenvalue weighted by atomic mass is 10.2. The molecule has 0 saturated carbocycles. The van der Waals surface area contributed by atoms with Crippen LogP contribution in [0.3, 0.4) is 0 Å². The maximum Gasteiger partial charge on any atom is 0.268 e. The molecule has 5 heteroatoms. The van der Waals surface area contributed by atoms with Gasteiger partial charge in [-0.15, -0.1) is 0 Å². The molecule has 0 bridgehead atoms. The molecule has 0 saturated heterocycles. The molecule has 1 rings (SSSR count). The minimum Gasteiger partial charge on any atom is -0.477 e. The Bertz CT molecular complexity index is 352. The maximum atomic E-state index is 11.2. The van der Waals surface area contributed by atoms with E-state index in [9.17, 15) is 4.79 Å². The monoisotopic (exact) mass is 274 g/mol. The van der Waals surface area contributed by atoms with Crippen LogP contribution in [-0.2, 0) is 0 Å². The topological polar surface area (TPSA) is 55.0 Å². The molecule has 0 aliphatic carbocycles. The summed E-state index contributed by atoms with van der Waals surface area (Å²) in [6.07, 6.45) is 5.90. The van der Waals surface area contributed by atoms with Crippen LogP contribution in [0.15, 0.2) is 15.6 Å². The van der Waals surface area contributed by atoms with Crippen LogP contribution in [0.4, 0.5) is 0 Å². The molecule has 0 aliphatic rings. The van der Waals surface area contributed by atoms with E-state index in [0.29, 0.717) is 17.0 Å². The number of H-pyrrole nitrogens is 1. The first-order chi connectivity index (χ1) is 7.25. The molecule has 0 aliphatic heterocycles. The molecule has 15 heavy (non-hydrogen) atoms. The molecule has 0 aromatic carbocycles. The van der Waals surface area contributed by atoms with Crippen LogP contribution in [0.2, 0.25) is 0 Å². The van der Waals surface area contributed by atoms with Gasteiger partial charge in [0.25, 0.3) is 5.56 Å². The van der Waals surface area contributed by atoms with Gasteiger partial charge in [0, 0.05) is 0 Å². The van der Waals surface area contributed by atoms with E-state index in [1.54, 1.807) is 0 Å². The molecule has 1 heterocycles. The third-order valence-corrected chi connectivity index (χ3v) is 2.70. The van der Waals surface area contributed by atoms with Crippen molar-refractivity contribution in [3.63, 3.8) is 0 Å². The number of ether oxygens (including phenoxy) is 1. The second-order valence-corrected chi connectivity index (χ2v) is 4.05. The lowest BCUT2D eigenvalue weighted by molar-refractivity contribution is 0.291. The molecule has 0 amide bonds. The van der Waals surface area contributed by atoms with Crippen LogP contribution >= 0.6 is 15.9 Å². The quantitative estimate of drug-likeness (QED) is 0.811. The van der Waals surface area contributed by atoms with Crippen LogP contribution in [0, 0.1) is 0 Å². The fourth-order valence-electron chi connectivity index (χ4n) is 1.16. The van der Waals surface area contributed by atoms with Crippen molar-refractivity contribution < 1.29 is 4.74 Å². The Morgan fingerprint density at radius 3 is 3.00 bits per heavy atom. The summed E-state index contributed by atoms with van der Waals surface area (Å²) in [4.78, 5) is 17.5. The Balaban J connectivity index is 2.38. The molecule has 0 atom stereocenters. The van der Waals surface area contributed by atoms with E-state index in [1.165, 1.54) is 19.2 Å². The summed E-state index contributed by atoms with van der Waals surface area (Å²) in [6.45, 7) is 2.77. The van der Waals surface area contributed by atoms with Crippen molar-refractivity contribution in [2.45, 2.75) is 32.6 Å². The van der Waals surface area contributed by atoms with Crippen LogP contribution in [0.1, 0.15) is 32.6 Å². The van der Waals surface area contributed by atoms with E-state index in [0.717, 1.165) is 12.8 Å². The van der Waals surface area contributed by atoms with Crippen molar-refractivity contribution in [3.8, 4) is 5.88 Å². The number of nitrogens with zero attached hydrogens (tertiary/aromatic N) is 1. The van der Waals surface area contributed by atoms with Gasteiger partial charge in [-0.3, -0.25) is 4.79 Å². The van der Waals surface area contributed by atoms with Gasteiger partial charge in [0.05, 0.1) is 12.9 Å². The Hall–Kier alpha value is -0.840. The zero-order valence-corrected chi connectivity index (χ0v) is 10.3. The predicted molar refractivity (Wildman–Crippen MR) is 62.2 cm³/mol. The normalized spacial score (nSPS) is 10.3. The van der Waals surface area contributed by atoms with E-state index >= 15 is 0 Å². The van der Waals surface area contributed by atoms with Crippen molar-refractivity contribution in [2.24, 2.45) is 0 Å². The molecule has 0 spiro atoms. The zero-order valence-electron chi connectivity index (χ0n) is 8.75. The van der Waals surface area contributed by atoms with Gasteiger partial charge in [-0.05, 0) is 22.4 Å². The second-order valence-electron chi connectivity index (χ2n) is 3.26. The van der Waals surface area contributed by atoms with Gasteiger partial charge in [-0.2, -0.15) is 0 Å². The number of hydrogen-bond acceptors (Lipinski definition) is 3. The maximum absolute atomic E-state index is 11.2. The average Bonchev–Trinajstić information content (AvgIpc) is 2.24. The summed E-state index contributed by atoms with van der Waals surface area (Å²) in [5.41, 5.74) is -0.214. The minimum atomic E-state index is -0.214. The Morgan fingerprint density at radius 2 is 2.27 bits per heavy atom. The number of aromatic nitrogens is 2. The molecule has 1 N–H and O–H groups in total. The molecular weight excluding hydrogens is 260 g/mol.